The lowest BCUT2D eigenvalue weighted by atomic mass is 9.99. The van der Waals surface area contributed by atoms with E-state index in [1.54, 1.807) is 6.07 Å². The number of carbonyl (C=O) groups is 1. The Morgan fingerprint density at radius 1 is 1.35 bits per heavy atom. The lowest BCUT2D eigenvalue weighted by Crippen LogP contribution is -2.07. The Hall–Kier alpha value is -2.02. The van der Waals surface area contributed by atoms with Crippen LogP contribution in [0.1, 0.15) is 23.6 Å². The zero-order valence-electron chi connectivity index (χ0n) is 10.2. The maximum Gasteiger partial charge on any atom is 0.310 e. The van der Waals surface area contributed by atoms with E-state index in [9.17, 15) is 4.79 Å². The molecule has 1 aromatic rings. The zero-order chi connectivity index (χ0) is 12.8. The lowest BCUT2D eigenvalue weighted by molar-refractivity contribution is -0.139. The quantitative estimate of drug-likeness (QED) is 0.744. The predicted molar refractivity (Wildman–Crippen MR) is 62.8 cm³/mol. The van der Waals surface area contributed by atoms with Crippen LogP contribution in [0, 0.1) is 11.3 Å². The van der Waals surface area contributed by atoms with Gasteiger partial charge in [-0.1, -0.05) is 19.1 Å². The smallest absolute Gasteiger partial charge is 0.310 e. The Morgan fingerprint density at radius 2 is 2.00 bits per heavy atom. The lowest BCUT2D eigenvalue weighted by Gasteiger charge is -2.11. The Balaban J connectivity index is 3.24. The summed E-state index contributed by atoms with van der Waals surface area (Å²) in [6.07, 6.45) is 0.857. The summed E-state index contributed by atoms with van der Waals surface area (Å²) >= 11 is 0. The molecule has 1 aromatic carbocycles. The summed E-state index contributed by atoms with van der Waals surface area (Å²) < 4.78 is 9.83. The molecule has 0 unspecified atom stereocenters. The summed E-state index contributed by atoms with van der Waals surface area (Å²) in [5, 5.41) is 9.15. The first-order valence-corrected chi connectivity index (χ1v) is 5.33. The monoisotopic (exact) mass is 233 g/mol. The normalized spacial score (nSPS) is 9.53. The number of nitriles is 1. The second-order valence-corrected chi connectivity index (χ2v) is 3.51. The summed E-state index contributed by atoms with van der Waals surface area (Å²) in [5.41, 5.74) is 2.00. The average molecular weight is 233 g/mol. The highest BCUT2D eigenvalue weighted by molar-refractivity contribution is 5.74. The minimum Gasteiger partial charge on any atom is -0.495 e. The minimum atomic E-state index is -0.368. The number of hydrogen-bond acceptors (Lipinski definition) is 4. The molecule has 0 saturated carbocycles. The minimum absolute atomic E-state index is 0.0831. The van der Waals surface area contributed by atoms with Crippen molar-refractivity contribution in [1.82, 2.24) is 0 Å². The molecule has 0 atom stereocenters. The second-order valence-electron chi connectivity index (χ2n) is 3.51. The van der Waals surface area contributed by atoms with E-state index in [-0.39, 0.29) is 12.4 Å². The van der Waals surface area contributed by atoms with Crippen molar-refractivity contribution >= 4 is 5.97 Å². The van der Waals surface area contributed by atoms with Crippen molar-refractivity contribution in [2.75, 3.05) is 14.2 Å². The van der Waals surface area contributed by atoms with Crippen molar-refractivity contribution in [3.8, 4) is 11.8 Å². The average Bonchev–Trinajstić information content (AvgIpc) is 2.37. The molecule has 0 bridgehead atoms. The molecule has 0 N–H and O–H groups in total. The number of methoxy groups -OCH3 is 2. The number of esters is 1. The van der Waals surface area contributed by atoms with Crippen LogP contribution in [0.25, 0.3) is 0 Å². The van der Waals surface area contributed by atoms with Gasteiger partial charge in [-0.2, -0.15) is 5.26 Å². The highest BCUT2D eigenvalue weighted by Crippen LogP contribution is 2.27. The SMILES string of the molecule is CCc1ccc(CC(=O)OC)c(C#N)c1OC. The van der Waals surface area contributed by atoms with Gasteiger partial charge in [-0.25, -0.2) is 0 Å². The number of rotatable bonds is 4. The van der Waals surface area contributed by atoms with E-state index in [4.69, 9.17) is 10.00 Å². The van der Waals surface area contributed by atoms with E-state index in [1.165, 1.54) is 14.2 Å². The number of carbonyl (C=O) groups excluding carboxylic acids is 1. The molecule has 0 radical (unpaired) electrons. The Morgan fingerprint density at radius 3 is 2.47 bits per heavy atom. The third-order valence-corrected chi connectivity index (χ3v) is 2.58. The van der Waals surface area contributed by atoms with Crippen LogP contribution in [0.15, 0.2) is 12.1 Å². The third-order valence-electron chi connectivity index (χ3n) is 2.58. The zero-order valence-corrected chi connectivity index (χ0v) is 10.2. The summed E-state index contributed by atoms with van der Waals surface area (Å²) in [6.45, 7) is 1.99. The van der Waals surface area contributed by atoms with Crippen LogP contribution in [0.2, 0.25) is 0 Å². The van der Waals surface area contributed by atoms with Gasteiger partial charge in [0.25, 0.3) is 0 Å². The van der Waals surface area contributed by atoms with Crippen LogP contribution in [-0.2, 0) is 22.4 Å². The van der Waals surface area contributed by atoms with Crippen LogP contribution < -0.4 is 4.74 Å². The van der Waals surface area contributed by atoms with Gasteiger partial charge in [-0.3, -0.25) is 4.79 Å². The molecule has 0 aliphatic carbocycles. The maximum atomic E-state index is 11.2. The van der Waals surface area contributed by atoms with Crippen LogP contribution >= 0.6 is 0 Å². The van der Waals surface area contributed by atoms with E-state index in [0.29, 0.717) is 16.9 Å². The van der Waals surface area contributed by atoms with Crippen LogP contribution in [0.4, 0.5) is 0 Å². The Bertz CT molecular complexity index is 460. The second kappa shape index (κ2) is 5.90. The molecule has 0 spiro atoms. The number of aryl methyl sites for hydroxylation is 1. The molecule has 0 saturated heterocycles. The van der Waals surface area contributed by atoms with Crippen LogP contribution in [0.5, 0.6) is 5.75 Å². The number of benzene rings is 1. The first-order valence-electron chi connectivity index (χ1n) is 5.33. The van der Waals surface area contributed by atoms with E-state index >= 15 is 0 Å². The molecule has 0 aliphatic rings. The summed E-state index contributed by atoms with van der Waals surface area (Å²) in [4.78, 5) is 11.2. The molecular formula is C13H15NO3. The number of nitrogens with zero attached hydrogens (tertiary/aromatic N) is 1. The molecule has 1 rings (SSSR count). The van der Waals surface area contributed by atoms with Crippen LogP contribution in [0.3, 0.4) is 0 Å². The van der Waals surface area contributed by atoms with Gasteiger partial charge >= 0.3 is 5.97 Å². The van der Waals surface area contributed by atoms with E-state index in [2.05, 4.69) is 10.8 Å². The predicted octanol–water partition coefficient (Wildman–Crippen LogP) is 1.84. The van der Waals surface area contributed by atoms with Gasteiger partial charge in [-0.05, 0) is 17.5 Å². The molecule has 0 amide bonds. The summed E-state index contributed by atoms with van der Waals surface area (Å²) in [7, 11) is 2.85. The van der Waals surface area contributed by atoms with Crippen molar-refractivity contribution in [2.45, 2.75) is 19.8 Å². The van der Waals surface area contributed by atoms with E-state index < -0.39 is 0 Å². The van der Waals surface area contributed by atoms with Crippen molar-refractivity contribution < 1.29 is 14.3 Å². The highest BCUT2D eigenvalue weighted by Gasteiger charge is 2.15. The van der Waals surface area contributed by atoms with Gasteiger partial charge in [0, 0.05) is 0 Å². The number of hydrogen-bond donors (Lipinski definition) is 0. The first kappa shape index (κ1) is 13.0. The number of ether oxygens (including phenoxy) is 2. The first-order chi connectivity index (χ1) is 8.17. The maximum absolute atomic E-state index is 11.2. The summed E-state index contributed by atoms with van der Waals surface area (Å²) in [6, 6.07) is 5.73. The molecule has 0 fully saturated rings. The summed E-state index contributed by atoms with van der Waals surface area (Å²) in [5.74, 6) is 0.184. The molecule has 0 aromatic heterocycles. The Labute approximate surface area is 101 Å². The van der Waals surface area contributed by atoms with Crippen molar-refractivity contribution in [2.24, 2.45) is 0 Å². The largest absolute Gasteiger partial charge is 0.495 e. The fourth-order valence-corrected chi connectivity index (χ4v) is 1.68. The van der Waals surface area contributed by atoms with E-state index in [1.807, 2.05) is 13.0 Å². The topological polar surface area (TPSA) is 59.3 Å². The van der Waals surface area contributed by atoms with Gasteiger partial charge < -0.3 is 9.47 Å². The van der Waals surface area contributed by atoms with Gasteiger partial charge in [0.2, 0.25) is 0 Å². The molecule has 0 heterocycles. The molecule has 4 nitrogen and oxygen atoms in total. The standard InChI is InChI=1S/C13H15NO3/c1-4-9-5-6-10(7-12(15)16-2)11(8-14)13(9)17-3/h5-6H,4,7H2,1-3H3. The van der Waals surface area contributed by atoms with Gasteiger partial charge in [0.15, 0.2) is 0 Å². The molecule has 90 valence electrons. The van der Waals surface area contributed by atoms with Crippen molar-refractivity contribution in [1.29, 1.82) is 5.26 Å². The molecular weight excluding hydrogens is 218 g/mol. The van der Waals surface area contributed by atoms with Gasteiger partial charge in [-0.15, -0.1) is 0 Å². The fourth-order valence-electron chi connectivity index (χ4n) is 1.68. The van der Waals surface area contributed by atoms with Gasteiger partial charge in [0.1, 0.15) is 11.8 Å². The van der Waals surface area contributed by atoms with Gasteiger partial charge in [0.05, 0.1) is 26.2 Å². The Kier molecular flexibility index (Phi) is 4.53. The van der Waals surface area contributed by atoms with E-state index in [0.717, 1.165) is 12.0 Å². The van der Waals surface area contributed by atoms with Crippen molar-refractivity contribution in [3.63, 3.8) is 0 Å². The third kappa shape index (κ3) is 2.76. The fraction of sp³-hybridized carbons (Fsp3) is 0.385. The van der Waals surface area contributed by atoms with Crippen LogP contribution in [-0.4, -0.2) is 20.2 Å². The molecule has 4 heteroatoms. The highest BCUT2D eigenvalue weighted by atomic mass is 16.5. The molecule has 0 aliphatic heterocycles. The van der Waals surface area contributed by atoms with Crippen molar-refractivity contribution in [3.05, 3.63) is 28.8 Å². The molecule has 17 heavy (non-hydrogen) atoms.